The number of hydrogen-bond donors (Lipinski definition) is 1. The van der Waals surface area contributed by atoms with Gasteiger partial charge in [0.15, 0.2) is 0 Å². The lowest BCUT2D eigenvalue weighted by Crippen LogP contribution is -2.29. The van der Waals surface area contributed by atoms with Crippen LogP contribution in [0.1, 0.15) is 25.7 Å². The fraction of sp³-hybridized carbons (Fsp3) is 0.600. The molecule has 2 aliphatic rings. The number of rotatable bonds is 3. The average Bonchev–Trinajstić information content (AvgIpc) is 2.94. The number of halogens is 1. The smallest absolute Gasteiger partial charge is 0.0741 e. The Morgan fingerprint density at radius 2 is 2.17 bits per heavy atom. The highest BCUT2D eigenvalue weighted by atomic mass is 35.5. The van der Waals surface area contributed by atoms with Crippen molar-refractivity contribution in [3.05, 3.63) is 23.2 Å². The minimum absolute atomic E-state index is 0.660. The quantitative estimate of drug-likeness (QED) is 0.842. The third-order valence-corrected chi connectivity index (χ3v) is 5.16. The van der Waals surface area contributed by atoms with Crippen molar-refractivity contribution in [2.24, 2.45) is 17.8 Å². The first-order chi connectivity index (χ1) is 8.65. The molecule has 3 atom stereocenters. The minimum Gasteiger partial charge on any atom is -0.396 e. The van der Waals surface area contributed by atoms with E-state index in [2.05, 4.69) is 18.0 Å². The van der Waals surface area contributed by atoms with Crippen molar-refractivity contribution in [1.82, 2.24) is 0 Å². The molecule has 0 aliphatic heterocycles. The summed E-state index contributed by atoms with van der Waals surface area (Å²) < 4.78 is 0. The summed E-state index contributed by atoms with van der Waals surface area (Å²) in [6.45, 7) is 1.12. The van der Waals surface area contributed by atoms with Gasteiger partial charge in [0.1, 0.15) is 0 Å². The molecule has 2 fully saturated rings. The molecule has 98 valence electrons. The maximum absolute atomic E-state index is 6.09. The first-order valence-electron chi connectivity index (χ1n) is 6.90. The molecule has 1 aromatic rings. The van der Waals surface area contributed by atoms with E-state index in [0.717, 1.165) is 30.0 Å². The second kappa shape index (κ2) is 4.65. The van der Waals surface area contributed by atoms with Crippen LogP contribution < -0.4 is 10.6 Å². The highest BCUT2D eigenvalue weighted by Gasteiger charge is 2.39. The highest BCUT2D eigenvalue weighted by Crippen LogP contribution is 2.48. The summed E-state index contributed by atoms with van der Waals surface area (Å²) in [5.41, 5.74) is 7.85. The molecule has 3 heteroatoms. The molecule has 2 bridgehead atoms. The molecule has 0 spiro atoms. The number of benzene rings is 1. The SMILES string of the molecule is CN(CC1CC2CCC1C2)c1cccc(Cl)c1N. The van der Waals surface area contributed by atoms with Gasteiger partial charge in [0, 0.05) is 13.6 Å². The fourth-order valence-electron chi connectivity index (χ4n) is 3.91. The molecular formula is C15H21ClN2. The van der Waals surface area contributed by atoms with Crippen molar-refractivity contribution in [2.75, 3.05) is 24.2 Å². The lowest BCUT2D eigenvalue weighted by molar-refractivity contribution is 0.337. The van der Waals surface area contributed by atoms with Gasteiger partial charge in [0.2, 0.25) is 0 Å². The van der Waals surface area contributed by atoms with Crippen molar-refractivity contribution in [1.29, 1.82) is 0 Å². The van der Waals surface area contributed by atoms with Crippen LogP contribution in [0.5, 0.6) is 0 Å². The van der Waals surface area contributed by atoms with E-state index >= 15 is 0 Å². The van der Waals surface area contributed by atoms with Gasteiger partial charge in [0.25, 0.3) is 0 Å². The van der Waals surface area contributed by atoms with E-state index in [-0.39, 0.29) is 0 Å². The third-order valence-electron chi connectivity index (χ3n) is 4.83. The standard InChI is InChI=1S/C15H21ClN2/c1-18(14-4-2-3-13(16)15(14)17)9-12-8-10-5-6-11(12)7-10/h2-4,10-12H,5-9,17H2,1H3. The van der Waals surface area contributed by atoms with Gasteiger partial charge in [-0.05, 0) is 49.1 Å². The van der Waals surface area contributed by atoms with E-state index in [9.17, 15) is 0 Å². The van der Waals surface area contributed by atoms with Crippen LogP contribution in [-0.4, -0.2) is 13.6 Å². The molecule has 0 radical (unpaired) electrons. The van der Waals surface area contributed by atoms with Gasteiger partial charge in [-0.1, -0.05) is 24.1 Å². The molecular weight excluding hydrogens is 244 g/mol. The van der Waals surface area contributed by atoms with Crippen LogP contribution in [0.3, 0.4) is 0 Å². The first kappa shape index (κ1) is 12.2. The van der Waals surface area contributed by atoms with Crippen molar-refractivity contribution in [3.63, 3.8) is 0 Å². The summed E-state index contributed by atoms with van der Waals surface area (Å²) in [4.78, 5) is 2.28. The lowest BCUT2D eigenvalue weighted by Gasteiger charge is -2.29. The Bertz CT molecular complexity index is 446. The minimum atomic E-state index is 0.660. The predicted octanol–water partition coefficient (Wildman–Crippen LogP) is 3.79. The zero-order valence-electron chi connectivity index (χ0n) is 10.9. The molecule has 2 nitrogen and oxygen atoms in total. The van der Waals surface area contributed by atoms with E-state index < -0.39 is 0 Å². The van der Waals surface area contributed by atoms with Crippen LogP contribution in [0.25, 0.3) is 0 Å². The summed E-state index contributed by atoms with van der Waals surface area (Å²) in [6.07, 6.45) is 5.78. The Balaban J connectivity index is 1.71. The summed E-state index contributed by atoms with van der Waals surface area (Å²) in [5.74, 6) is 2.81. The van der Waals surface area contributed by atoms with Crippen molar-refractivity contribution < 1.29 is 0 Å². The number of fused-ring (bicyclic) bond motifs is 2. The van der Waals surface area contributed by atoms with Gasteiger partial charge < -0.3 is 10.6 Å². The van der Waals surface area contributed by atoms with Crippen LogP contribution >= 0.6 is 11.6 Å². The molecule has 1 aromatic carbocycles. The Labute approximate surface area is 114 Å². The second-order valence-electron chi connectivity index (χ2n) is 5.99. The number of hydrogen-bond acceptors (Lipinski definition) is 2. The normalized spacial score (nSPS) is 29.8. The zero-order valence-corrected chi connectivity index (χ0v) is 11.7. The maximum Gasteiger partial charge on any atom is 0.0741 e. The molecule has 0 heterocycles. The molecule has 2 saturated carbocycles. The highest BCUT2D eigenvalue weighted by molar-refractivity contribution is 6.33. The summed E-state index contributed by atoms with van der Waals surface area (Å²) in [5, 5.41) is 0.660. The van der Waals surface area contributed by atoms with E-state index in [1.807, 2.05) is 12.1 Å². The second-order valence-corrected chi connectivity index (χ2v) is 6.40. The van der Waals surface area contributed by atoms with Crippen LogP contribution in [0.4, 0.5) is 11.4 Å². The van der Waals surface area contributed by atoms with Crippen molar-refractivity contribution in [3.8, 4) is 0 Å². The van der Waals surface area contributed by atoms with Crippen molar-refractivity contribution >= 4 is 23.0 Å². The predicted molar refractivity (Wildman–Crippen MR) is 78.1 cm³/mol. The van der Waals surface area contributed by atoms with Crippen LogP contribution in [0.15, 0.2) is 18.2 Å². The Morgan fingerprint density at radius 3 is 2.83 bits per heavy atom. The number of anilines is 2. The van der Waals surface area contributed by atoms with Gasteiger partial charge in [0.05, 0.1) is 16.4 Å². The van der Waals surface area contributed by atoms with Gasteiger partial charge in [-0.3, -0.25) is 0 Å². The molecule has 2 N–H and O–H groups in total. The topological polar surface area (TPSA) is 29.3 Å². The maximum atomic E-state index is 6.09. The fourth-order valence-corrected chi connectivity index (χ4v) is 4.08. The third kappa shape index (κ3) is 2.07. The monoisotopic (exact) mass is 264 g/mol. The van der Waals surface area contributed by atoms with Gasteiger partial charge in [-0.15, -0.1) is 0 Å². The number of nitrogens with zero attached hydrogens (tertiary/aromatic N) is 1. The molecule has 3 rings (SSSR count). The summed E-state index contributed by atoms with van der Waals surface area (Å²) in [7, 11) is 2.13. The van der Waals surface area contributed by atoms with E-state index in [1.165, 1.54) is 25.7 Å². The van der Waals surface area contributed by atoms with E-state index in [1.54, 1.807) is 0 Å². The zero-order chi connectivity index (χ0) is 12.7. The molecule has 3 unspecified atom stereocenters. The Kier molecular flexibility index (Phi) is 3.14. The average molecular weight is 265 g/mol. The van der Waals surface area contributed by atoms with E-state index in [0.29, 0.717) is 10.7 Å². The molecule has 2 aliphatic carbocycles. The van der Waals surface area contributed by atoms with Crippen LogP contribution in [0.2, 0.25) is 5.02 Å². The summed E-state index contributed by atoms with van der Waals surface area (Å²) in [6, 6.07) is 5.89. The lowest BCUT2D eigenvalue weighted by atomic mass is 9.88. The van der Waals surface area contributed by atoms with Gasteiger partial charge >= 0.3 is 0 Å². The van der Waals surface area contributed by atoms with Crippen LogP contribution in [0, 0.1) is 17.8 Å². The molecule has 0 aromatic heterocycles. The van der Waals surface area contributed by atoms with Crippen molar-refractivity contribution in [2.45, 2.75) is 25.7 Å². The van der Waals surface area contributed by atoms with Gasteiger partial charge in [-0.2, -0.15) is 0 Å². The molecule has 0 saturated heterocycles. The first-order valence-corrected chi connectivity index (χ1v) is 7.28. The number of para-hydroxylation sites is 1. The van der Waals surface area contributed by atoms with Gasteiger partial charge in [-0.25, -0.2) is 0 Å². The summed E-state index contributed by atoms with van der Waals surface area (Å²) >= 11 is 6.09. The van der Waals surface area contributed by atoms with E-state index in [4.69, 9.17) is 17.3 Å². The molecule has 0 amide bonds. The Hall–Kier alpha value is -0.890. The number of nitrogens with two attached hydrogens (primary N) is 1. The van der Waals surface area contributed by atoms with Crippen LogP contribution in [-0.2, 0) is 0 Å². The molecule has 18 heavy (non-hydrogen) atoms. The Morgan fingerprint density at radius 1 is 1.33 bits per heavy atom. The number of nitrogen functional groups attached to an aromatic ring is 1. The largest absolute Gasteiger partial charge is 0.396 e.